The minimum absolute atomic E-state index is 0.236. The largest absolute Gasteiger partial charge is 0.297 e. The summed E-state index contributed by atoms with van der Waals surface area (Å²) in [5, 5.41) is 4.18. The van der Waals surface area contributed by atoms with Gasteiger partial charge in [-0.25, -0.2) is 9.67 Å². The maximum Gasteiger partial charge on any atom is 0.160 e. The van der Waals surface area contributed by atoms with E-state index < -0.39 is 0 Å². The van der Waals surface area contributed by atoms with Crippen LogP contribution in [0.25, 0.3) is 0 Å². The zero-order valence-electron chi connectivity index (χ0n) is 12.2. The number of nitrogens with zero attached hydrogens (tertiary/aromatic N) is 4. The van der Waals surface area contributed by atoms with E-state index in [1.54, 1.807) is 6.33 Å². The molecular weight excluding hydrogens is 240 g/mol. The van der Waals surface area contributed by atoms with Crippen LogP contribution in [0.4, 0.5) is 0 Å². The first kappa shape index (κ1) is 14.2. The SMILES string of the molecule is CCCn1ncnc1CC(=O)C(C)(C)N1CCCC1. The van der Waals surface area contributed by atoms with Crippen LogP contribution in [-0.2, 0) is 17.8 Å². The van der Waals surface area contributed by atoms with Gasteiger partial charge in [0.2, 0.25) is 0 Å². The number of aromatic nitrogens is 3. The number of Topliss-reactive ketones (excluding diaryl/α,β-unsaturated/α-hetero) is 1. The zero-order chi connectivity index (χ0) is 13.9. The number of rotatable bonds is 6. The minimum atomic E-state index is -0.389. The lowest BCUT2D eigenvalue weighted by atomic mass is 9.94. The van der Waals surface area contributed by atoms with E-state index in [0.717, 1.165) is 31.9 Å². The van der Waals surface area contributed by atoms with Crippen molar-refractivity contribution in [3.05, 3.63) is 12.2 Å². The van der Waals surface area contributed by atoms with Crippen LogP contribution < -0.4 is 0 Å². The molecule has 1 aliphatic rings. The Morgan fingerprint density at radius 3 is 2.68 bits per heavy atom. The monoisotopic (exact) mass is 264 g/mol. The molecule has 1 aliphatic heterocycles. The number of hydrogen-bond donors (Lipinski definition) is 0. The molecule has 0 saturated carbocycles. The molecule has 0 spiro atoms. The highest BCUT2D eigenvalue weighted by molar-refractivity contribution is 5.88. The molecule has 5 nitrogen and oxygen atoms in total. The van der Waals surface area contributed by atoms with Crippen molar-refractivity contribution < 1.29 is 4.79 Å². The predicted molar refractivity (Wildman–Crippen MR) is 73.9 cm³/mol. The molecule has 5 heteroatoms. The number of carbonyl (C=O) groups is 1. The maximum absolute atomic E-state index is 12.6. The van der Waals surface area contributed by atoms with Crippen molar-refractivity contribution >= 4 is 5.78 Å². The van der Waals surface area contributed by atoms with Gasteiger partial charge < -0.3 is 0 Å². The van der Waals surface area contributed by atoms with Crippen molar-refractivity contribution in [2.24, 2.45) is 0 Å². The Labute approximate surface area is 115 Å². The van der Waals surface area contributed by atoms with Gasteiger partial charge in [-0.15, -0.1) is 0 Å². The van der Waals surface area contributed by atoms with E-state index in [-0.39, 0.29) is 11.3 Å². The maximum atomic E-state index is 12.6. The Hall–Kier alpha value is -1.23. The second-order valence-corrected chi connectivity index (χ2v) is 5.75. The van der Waals surface area contributed by atoms with E-state index in [4.69, 9.17) is 0 Å². The molecular formula is C14H24N4O. The first-order valence-electron chi connectivity index (χ1n) is 7.20. The van der Waals surface area contributed by atoms with Crippen molar-refractivity contribution in [3.8, 4) is 0 Å². The third kappa shape index (κ3) is 3.03. The first-order valence-corrected chi connectivity index (χ1v) is 7.20. The van der Waals surface area contributed by atoms with Gasteiger partial charge in [0.25, 0.3) is 0 Å². The lowest BCUT2D eigenvalue weighted by Crippen LogP contribution is -2.49. The van der Waals surface area contributed by atoms with Crippen molar-refractivity contribution in [3.63, 3.8) is 0 Å². The summed E-state index contributed by atoms with van der Waals surface area (Å²) in [6.45, 7) is 9.04. The second-order valence-electron chi connectivity index (χ2n) is 5.75. The van der Waals surface area contributed by atoms with Crippen molar-refractivity contribution in [2.75, 3.05) is 13.1 Å². The Morgan fingerprint density at radius 2 is 2.05 bits per heavy atom. The summed E-state index contributed by atoms with van der Waals surface area (Å²) >= 11 is 0. The average molecular weight is 264 g/mol. The van der Waals surface area contributed by atoms with Gasteiger partial charge in [0.15, 0.2) is 5.78 Å². The van der Waals surface area contributed by atoms with Crippen molar-refractivity contribution in [1.82, 2.24) is 19.7 Å². The Morgan fingerprint density at radius 1 is 1.37 bits per heavy atom. The second kappa shape index (κ2) is 5.82. The van der Waals surface area contributed by atoms with E-state index in [0.29, 0.717) is 6.42 Å². The number of aryl methyl sites for hydroxylation is 1. The third-order valence-corrected chi connectivity index (χ3v) is 4.03. The molecule has 2 rings (SSSR count). The molecule has 0 N–H and O–H groups in total. The van der Waals surface area contributed by atoms with Gasteiger partial charge in [-0.2, -0.15) is 5.10 Å². The standard InChI is InChI=1S/C14H24N4O/c1-4-7-18-13(15-11-16-18)10-12(19)14(2,3)17-8-5-6-9-17/h11H,4-10H2,1-3H3. The van der Waals surface area contributed by atoms with Gasteiger partial charge >= 0.3 is 0 Å². The average Bonchev–Trinajstić information content (AvgIpc) is 3.01. The Kier molecular flexibility index (Phi) is 4.34. The highest BCUT2D eigenvalue weighted by atomic mass is 16.1. The Bertz CT molecular complexity index is 432. The van der Waals surface area contributed by atoms with Gasteiger partial charge in [-0.3, -0.25) is 9.69 Å². The normalized spacial score (nSPS) is 17.0. The molecule has 19 heavy (non-hydrogen) atoms. The van der Waals surface area contributed by atoms with Gasteiger partial charge in [-0.05, 0) is 46.2 Å². The summed E-state index contributed by atoms with van der Waals surface area (Å²) in [5.74, 6) is 1.03. The smallest absolute Gasteiger partial charge is 0.160 e. The molecule has 2 heterocycles. The fourth-order valence-corrected chi connectivity index (χ4v) is 2.64. The van der Waals surface area contributed by atoms with E-state index in [1.165, 1.54) is 12.8 Å². The number of likely N-dealkylation sites (tertiary alicyclic amines) is 1. The van der Waals surface area contributed by atoms with Gasteiger partial charge in [-0.1, -0.05) is 6.92 Å². The van der Waals surface area contributed by atoms with Crippen molar-refractivity contribution in [1.29, 1.82) is 0 Å². The quantitative estimate of drug-likeness (QED) is 0.784. The molecule has 1 aromatic heterocycles. The predicted octanol–water partition coefficient (Wildman–Crippen LogP) is 1.67. The fraction of sp³-hybridized carbons (Fsp3) is 0.786. The van der Waals surface area contributed by atoms with Crippen LogP contribution in [0.5, 0.6) is 0 Å². The zero-order valence-corrected chi connectivity index (χ0v) is 12.2. The van der Waals surface area contributed by atoms with Gasteiger partial charge in [0.1, 0.15) is 12.2 Å². The number of hydrogen-bond acceptors (Lipinski definition) is 4. The summed E-state index contributed by atoms with van der Waals surface area (Å²) in [4.78, 5) is 19.1. The van der Waals surface area contributed by atoms with Crippen LogP contribution in [0.15, 0.2) is 6.33 Å². The van der Waals surface area contributed by atoms with Crippen LogP contribution in [0.1, 0.15) is 45.9 Å². The van der Waals surface area contributed by atoms with E-state index >= 15 is 0 Å². The highest BCUT2D eigenvalue weighted by Gasteiger charge is 2.36. The molecule has 0 aromatic carbocycles. The highest BCUT2D eigenvalue weighted by Crippen LogP contribution is 2.23. The first-order chi connectivity index (χ1) is 9.05. The van der Waals surface area contributed by atoms with Crippen LogP contribution in [0.2, 0.25) is 0 Å². The molecule has 0 unspecified atom stereocenters. The number of carbonyl (C=O) groups excluding carboxylic acids is 1. The van der Waals surface area contributed by atoms with Crippen LogP contribution in [-0.4, -0.2) is 44.1 Å². The molecule has 106 valence electrons. The van der Waals surface area contributed by atoms with Crippen LogP contribution in [0, 0.1) is 0 Å². The number of ketones is 1. The topological polar surface area (TPSA) is 51.0 Å². The van der Waals surface area contributed by atoms with E-state index in [1.807, 2.05) is 18.5 Å². The fourth-order valence-electron chi connectivity index (χ4n) is 2.64. The van der Waals surface area contributed by atoms with Crippen LogP contribution in [0.3, 0.4) is 0 Å². The summed E-state index contributed by atoms with van der Waals surface area (Å²) in [7, 11) is 0. The summed E-state index contributed by atoms with van der Waals surface area (Å²) < 4.78 is 1.85. The molecule has 1 saturated heterocycles. The summed E-state index contributed by atoms with van der Waals surface area (Å²) in [6.07, 6.45) is 5.32. The lowest BCUT2D eigenvalue weighted by Gasteiger charge is -2.33. The van der Waals surface area contributed by atoms with Crippen molar-refractivity contribution in [2.45, 2.75) is 58.5 Å². The van der Waals surface area contributed by atoms with Gasteiger partial charge in [0, 0.05) is 6.54 Å². The molecule has 0 bridgehead atoms. The molecule has 1 aromatic rings. The van der Waals surface area contributed by atoms with Gasteiger partial charge in [0.05, 0.1) is 12.0 Å². The molecule has 1 fully saturated rings. The molecule has 0 radical (unpaired) electrons. The van der Waals surface area contributed by atoms with E-state index in [9.17, 15) is 4.79 Å². The molecule has 0 amide bonds. The van der Waals surface area contributed by atoms with Crippen LogP contribution >= 0.6 is 0 Å². The third-order valence-electron chi connectivity index (χ3n) is 4.03. The molecule has 0 atom stereocenters. The summed E-state index contributed by atoms with van der Waals surface area (Å²) in [6, 6.07) is 0. The lowest BCUT2D eigenvalue weighted by molar-refractivity contribution is -0.128. The summed E-state index contributed by atoms with van der Waals surface area (Å²) in [5.41, 5.74) is -0.389. The molecule has 0 aliphatic carbocycles. The minimum Gasteiger partial charge on any atom is -0.297 e. The van der Waals surface area contributed by atoms with E-state index in [2.05, 4.69) is 21.9 Å². The Balaban J connectivity index is 2.05.